The molecule has 6 nitrogen and oxygen atoms in total. The Hall–Kier alpha value is -1.61. The fourth-order valence-electron chi connectivity index (χ4n) is 2.72. The first-order valence-corrected chi connectivity index (χ1v) is 7.85. The van der Waals surface area contributed by atoms with Gasteiger partial charge in [-0.25, -0.2) is 4.79 Å². The summed E-state index contributed by atoms with van der Waals surface area (Å²) in [7, 11) is 0. The van der Waals surface area contributed by atoms with Crippen molar-refractivity contribution in [2.45, 2.75) is 64.1 Å². The Bertz CT molecular complexity index is 687. The standard InChI is InChI=1S/C15H21F3N2O4/c1-9(2)19-7-10(15(16,17)18)13(22)20(14(19)23)8-11(21)12-5-3-4-6-24-12/h7,9,11-12,21H,3-6,8H2,1-2H3. The van der Waals surface area contributed by atoms with Crippen LogP contribution in [-0.4, -0.2) is 33.1 Å². The molecule has 0 bridgehead atoms. The minimum atomic E-state index is -4.88. The topological polar surface area (TPSA) is 73.5 Å². The van der Waals surface area contributed by atoms with E-state index in [2.05, 4.69) is 0 Å². The van der Waals surface area contributed by atoms with Crippen LogP contribution in [0.25, 0.3) is 0 Å². The van der Waals surface area contributed by atoms with Gasteiger partial charge >= 0.3 is 11.9 Å². The van der Waals surface area contributed by atoms with Crippen LogP contribution in [0.1, 0.15) is 44.7 Å². The van der Waals surface area contributed by atoms with Crippen LogP contribution in [0.3, 0.4) is 0 Å². The summed E-state index contributed by atoms with van der Waals surface area (Å²) in [6.45, 7) is 2.99. The third kappa shape index (κ3) is 3.89. The SMILES string of the molecule is CC(C)n1cc(C(F)(F)F)c(=O)n(CC(O)C2CCCCO2)c1=O. The van der Waals surface area contributed by atoms with E-state index in [-0.39, 0.29) is 0 Å². The summed E-state index contributed by atoms with van der Waals surface area (Å²) in [5.41, 5.74) is -3.75. The molecule has 0 spiro atoms. The van der Waals surface area contributed by atoms with Gasteiger partial charge in [-0.1, -0.05) is 0 Å². The Morgan fingerprint density at radius 3 is 2.50 bits per heavy atom. The Balaban J connectivity index is 2.46. The molecule has 0 aromatic carbocycles. The molecule has 1 fully saturated rings. The molecule has 0 amide bonds. The van der Waals surface area contributed by atoms with Gasteiger partial charge in [-0.3, -0.25) is 13.9 Å². The van der Waals surface area contributed by atoms with Gasteiger partial charge < -0.3 is 9.84 Å². The van der Waals surface area contributed by atoms with Crippen molar-refractivity contribution >= 4 is 0 Å². The highest BCUT2D eigenvalue weighted by atomic mass is 19.4. The van der Waals surface area contributed by atoms with Crippen molar-refractivity contribution in [2.24, 2.45) is 0 Å². The van der Waals surface area contributed by atoms with Crippen molar-refractivity contribution < 1.29 is 23.0 Å². The molecular weight excluding hydrogens is 329 g/mol. The van der Waals surface area contributed by atoms with Crippen molar-refractivity contribution in [3.05, 3.63) is 32.6 Å². The maximum absolute atomic E-state index is 13.1. The molecule has 24 heavy (non-hydrogen) atoms. The van der Waals surface area contributed by atoms with Gasteiger partial charge in [0.05, 0.1) is 18.8 Å². The minimum Gasteiger partial charge on any atom is -0.389 e. The Kier molecular flexibility index (Phi) is 5.54. The summed E-state index contributed by atoms with van der Waals surface area (Å²) in [6, 6.07) is -0.562. The van der Waals surface area contributed by atoms with Gasteiger partial charge in [-0.15, -0.1) is 0 Å². The number of aromatic nitrogens is 2. The van der Waals surface area contributed by atoms with E-state index in [0.29, 0.717) is 23.8 Å². The average Bonchev–Trinajstić information content (AvgIpc) is 2.50. The third-order valence-electron chi connectivity index (χ3n) is 4.07. The first kappa shape index (κ1) is 18.7. The molecule has 1 aliphatic rings. The predicted octanol–water partition coefficient (Wildman–Crippen LogP) is 1.54. The number of alkyl halides is 3. The second kappa shape index (κ2) is 7.10. The predicted molar refractivity (Wildman–Crippen MR) is 79.9 cm³/mol. The van der Waals surface area contributed by atoms with Gasteiger partial charge in [0, 0.05) is 18.8 Å². The molecular formula is C15H21F3N2O4. The van der Waals surface area contributed by atoms with Gasteiger partial charge in [-0.2, -0.15) is 13.2 Å². The summed E-state index contributed by atoms with van der Waals surface area (Å²) in [5, 5.41) is 10.2. The van der Waals surface area contributed by atoms with E-state index in [9.17, 15) is 27.9 Å². The zero-order valence-electron chi connectivity index (χ0n) is 13.5. The summed E-state index contributed by atoms with van der Waals surface area (Å²) in [5.74, 6) is 0. The Morgan fingerprint density at radius 2 is 2.00 bits per heavy atom. The van der Waals surface area contributed by atoms with Crippen LogP contribution in [0.15, 0.2) is 15.8 Å². The van der Waals surface area contributed by atoms with E-state index >= 15 is 0 Å². The zero-order valence-corrected chi connectivity index (χ0v) is 13.5. The molecule has 9 heteroatoms. The largest absolute Gasteiger partial charge is 0.423 e. The van der Waals surface area contributed by atoms with Gasteiger partial charge in [0.2, 0.25) is 0 Å². The van der Waals surface area contributed by atoms with E-state index in [1.165, 1.54) is 13.8 Å². The molecule has 136 valence electrons. The molecule has 0 aliphatic carbocycles. The lowest BCUT2D eigenvalue weighted by atomic mass is 10.0. The molecule has 2 heterocycles. The van der Waals surface area contributed by atoms with Crippen LogP contribution in [0, 0.1) is 0 Å². The van der Waals surface area contributed by atoms with Gasteiger partial charge in [0.15, 0.2) is 0 Å². The monoisotopic (exact) mass is 350 g/mol. The van der Waals surface area contributed by atoms with E-state index in [0.717, 1.165) is 17.4 Å². The van der Waals surface area contributed by atoms with Crippen LogP contribution < -0.4 is 11.2 Å². The van der Waals surface area contributed by atoms with Crippen molar-refractivity contribution in [1.82, 2.24) is 9.13 Å². The lowest BCUT2D eigenvalue weighted by Gasteiger charge is -2.27. The van der Waals surface area contributed by atoms with Gasteiger partial charge in [0.1, 0.15) is 5.56 Å². The number of rotatable bonds is 4. The molecule has 0 saturated carbocycles. The average molecular weight is 350 g/mol. The number of nitrogens with zero attached hydrogens (tertiary/aromatic N) is 2. The van der Waals surface area contributed by atoms with Crippen molar-refractivity contribution in [3.63, 3.8) is 0 Å². The number of halogens is 3. The summed E-state index contributed by atoms with van der Waals surface area (Å²) in [6.07, 6.45) is -3.97. The summed E-state index contributed by atoms with van der Waals surface area (Å²) >= 11 is 0. The highest BCUT2D eigenvalue weighted by molar-refractivity contribution is 5.11. The number of hydrogen-bond donors (Lipinski definition) is 1. The number of aliphatic hydroxyl groups is 1. The first-order valence-electron chi connectivity index (χ1n) is 7.85. The molecule has 2 unspecified atom stereocenters. The van der Waals surface area contributed by atoms with E-state index in [1.807, 2.05) is 0 Å². The second-order valence-electron chi connectivity index (χ2n) is 6.21. The molecule has 1 aromatic rings. The third-order valence-corrected chi connectivity index (χ3v) is 4.07. The first-order chi connectivity index (χ1) is 11.1. The van der Waals surface area contributed by atoms with Crippen molar-refractivity contribution in [3.8, 4) is 0 Å². The smallest absolute Gasteiger partial charge is 0.389 e. The highest BCUT2D eigenvalue weighted by Gasteiger charge is 2.37. The second-order valence-corrected chi connectivity index (χ2v) is 6.21. The zero-order chi connectivity index (χ0) is 18.1. The van der Waals surface area contributed by atoms with E-state index in [1.54, 1.807) is 0 Å². The van der Waals surface area contributed by atoms with Crippen LogP contribution in [0.5, 0.6) is 0 Å². The molecule has 2 rings (SSSR count). The molecule has 2 atom stereocenters. The molecule has 0 radical (unpaired) electrons. The van der Waals surface area contributed by atoms with Gasteiger partial charge in [0.25, 0.3) is 5.56 Å². The Labute approximate surface area is 136 Å². The van der Waals surface area contributed by atoms with Crippen LogP contribution in [0.2, 0.25) is 0 Å². The lowest BCUT2D eigenvalue weighted by Crippen LogP contribution is -2.47. The van der Waals surface area contributed by atoms with Crippen LogP contribution >= 0.6 is 0 Å². The number of hydrogen-bond acceptors (Lipinski definition) is 4. The Morgan fingerprint density at radius 1 is 1.33 bits per heavy atom. The highest BCUT2D eigenvalue weighted by Crippen LogP contribution is 2.26. The van der Waals surface area contributed by atoms with Crippen molar-refractivity contribution in [1.29, 1.82) is 0 Å². The van der Waals surface area contributed by atoms with Crippen LogP contribution in [-0.2, 0) is 17.5 Å². The number of aliphatic hydroxyl groups excluding tert-OH is 1. The van der Waals surface area contributed by atoms with Crippen LogP contribution in [0.4, 0.5) is 13.2 Å². The lowest BCUT2D eigenvalue weighted by molar-refractivity contribution is -0.139. The minimum absolute atomic E-state index is 0.440. The maximum atomic E-state index is 13.1. The van der Waals surface area contributed by atoms with Gasteiger partial charge in [-0.05, 0) is 33.1 Å². The molecule has 1 N–H and O–H groups in total. The fourth-order valence-corrected chi connectivity index (χ4v) is 2.72. The summed E-state index contributed by atoms with van der Waals surface area (Å²) < 4.78 is 45.9. The molecule has 1 aliphatic heterocycles. The van der Waals surface area contributed by atoms with E-state index < -0.39 is 47.8 Å². The molecule has 1 saturated heterocycles. The maximum Gasteiger partial charge on any atom is 0.423 e. The van der Waals surface area contributed by atoms with Crippen molar-refractivity contribution in [2.75, 3.05) is 6.61 Å². The molecule has 1 aromatic heterocycles. The summed E-state index contributed by atoms with van der Waals surface area (Å²) in [4.78, 5) is 24.4. The number of ether oxygens (including phenoxy) is 1. The normalized spacial score (nSPS) is 20.4. The van der Waals surface area contributed by atoms with E-state index in [4.69, 9.17) is 4.74 Å². The fraction of sp³-hybridized carbons (Fsp3) is 0.733. The quantitative estimate of drug-likeness (QED) is 0.894.